The van der Waals surface area contributed by atoms with E-state index in [-0.39, 0.29) is 0 Å². The molecule has 88 valence electrons. The van der Waals surface area contributed by atoms with E-state index in [1.807, 2.05) is 12.5 Å². The summed E-state index contributed by atoms with van der Waals surface area (Å²) in [7, 11) is 0. The van der Waals surface area contributed by atoms with Crippen LogP contribution in [0.25, 0.3) is 11.1 Å². The van der Waals surface area contributed by atoms with Gasteiger partial charge in [-0.15, -0.1) is 0 Å². The molecule has 3 rings (SSSR count). The largest absolute Gasteiger partial charge is 0.169 e. The number of fused-ring (bicyclic) bond motifs is 3. The molecule has 0 unspecified atom stereocenters. The fourth-order valence-electron chi connectivity index (χ4n) is 2.41. The van der Waals surface area contributed by atoms with Crippen LogP contribution in [0.4, 0.5) is 0 Å². The SMILES string of the molecule is CC1c2ccccc2-c2ccccc21.CSC. The second kappa shape index (κ2) is 5.42. The van der Waals surface area contributed by atoms with E-state index in [4.69, 9.17) is 0 Å². The van der Waals surface area contributed by atoms with Crippen molar-refractivity contribution in [2.45, 2.75) is 12.8 Å². The van der Waals surface area contributed by atoms with Crippen molar-refractivity contribution < 1.29 is 0 Å². The van der Waals surface area contributed by atoms with E-state index in [1.54, 1.807) is 11.8 Å². The summed E-state index contributed by atoms with van der Waals surface area (Å²) in [6, 6.07) is 17.4. The van der Waals surface area contributed by atoms with Gasteiger partial charge in [-0.05, 0) is 34.8 Å². The number of rotatable bonds is 0. The zero-order chi connectivity index (χ0) is 12.3. The Balaban J connectivity index is 0.000000329. The van der Waals surface area contributed by atoms with Gasteiger partial charge in [0.25, 0.3) is 0 Å². The van der Waals surface area contributed by atoms with Crippen LogP contribution >= 0.6 is 11.8 Å². The lowest BCUT2D eigenvalue weighted by molar-refractivity contribution is 0.957. The molecule has 0 heterocycles. The molecule has 0 nitrogen and oxygen atoms in total. The van der Waals surface area contributed by atoms with Crippen LogP contribution in [0.3, 0.4) is 0 Å². The molecular weight excluding hydrogens is 224 g/mol. The molecule has 1 aliphatic carbocycles. The number of thioether (sulfide) groups is 1. The summed E-state index contributed by atoms with van der Waals surface area (Å²) in [5.41, 5.74) is 5.76. The summed E-state index contributed by atoms with van der Waals surface area (Å²) in [6.45, 7) is 2.28. The highest BCUT2D eigenvalue weighted by molar-refractivity contribution is 7.97. The van der Waals surface area contributed by atoms with Crippen LogP contribution in [-0.2, 0) is 0 Å². The Morgan fingerprint density at radius 1 is 0.765 bits per heavy atom. The molecule has 1 heteroatoms. The van der Waals surface area contributed by atoms with Gasteiger partial charge in [-0.1, -0.05) is 55.5 Å². The molecule has 0 atom stereocenters. The molecule has 2 aromatic rings. The van der Waals surface area contributed by atoms with Crippen LogP contribution in [-0.4, -0.2) is 12.5 Å². The van der Waals surface area contributed by atoms with Gasteiger partial charge < -0.3 is 0 Å². The van der Waals surface area contributed by atoms with Gasteiger partial charge in [-0.3, -0.25) is 0 Å². The Kier molecular flexibility index (Phi) is 3.90. The topological polar surface area (TPSA) is 0 Å². The van der Waals surface area contributed by atoms with Gasteiger partial charge in [-0.2, -0.15) is 11.8 Å². The molecular formula is C16H18S. The summed E-state index contributed by atoms with van der Waals surface area (Å²) in [4.78, 5) is 0. The van der Waals surface area contributed by atoms with Gasteiger partial charge in [0.2, 0.25) is 0 Å². The van der Waals surface area contributed by atoms with Gasteiger partial charge in [0.15, 0.2) is 0 Å². The molecule has 0 saturated heterocycles. The van der Waals surface area contributed by atoms with Gasteiger partial charge in [0, 0.05) is 5.92 Å². The normalized spacial score (nSPS) is 12.4. The van der Waals surface area contributed by atoms with E-state index in [9.17, 15) is 0 Å². The third-order valence-electron chi connectivity index (χ3n) is 3.14. The zero-order valence-electron chi connectivity index (χ0n) is 10.6. The lowest BCUT2D eigenvalue weighted by Crippen LogP contribution is -1.87. The molecule has 1 aliphatic rings. The zero-order valence-corrected chi connectivity index (χ0v) is 11.4. The summed E-state index contributed by atoms with van der Waals surface area (Å²) in [5, 5.41) is 0. The molecule has 0 N–H and O–H groups in total. The highest BCUT2D eigenvalue weighted by Crippen LogP contribution is 2.43. The van der Waals surface area contributed by atoms with Crippen molar-refractivity contribution in [1.82, 2.24) is 0 Å². The second-order valence-corrected chi connectivity index (χ2v) is 5.12. The first kappa shape index (κ1) is 12.3. The predicted molar refractivity (Wildman–Crippen MR) is 78.8 cm³/mol. The van der Waals surface area contributed by atoms with Crippen LogP contribution in [0.15, 0.2) is 48.5 Å². The van der Waals surface area contributed by atoms with E-state index >= 15 is 0 Å². The number of hydrogen-bond donors (Lipinski definition) is 0. The Morgan fingerprint density at radius 2 is 1.12 bits per heavy atom. The molecule has 2 aromatic carbocycles. The molecule has 0 aliphatic heterocycles. The van der Waals surface area contributed by atoms with Gasteiger partial charge >= 0.3 is 0 Å². The monoisotopic (exact) mass is 242 g/mol. The van der Waals surface area contributed by atoms with Crippen LogP contribution in [0, 0.1) is 0 Å². The van der Waals surface area contributed by atoms with Crippen molar-refractivity contribution in [2.24, 2.45) is 0 Å². The van der Waals surface area contributed by atoms with Gasteiger partial charge in [-0.25, -0.2) is 0 Å². The molecule has 0 saturated carbocycles. The number of hydrogen-bond acceptors (Lipinski definition) is 1. The van der Waals surface area contributed by atoms with Crippen molar-refractivity contribution in [2.75, 3.05) is 12.5 Å². The molecule has 0 bridgehead atoms. The Hall–Kier alpha value is -1.21. The van der Waals surface area contributed by atoms with Crippen molar-refractivity contribution in [3.05, 3.63) is 59.7 Å². The molecule has 0 radical (unpaired) electrons. The highest BCUT2D eigenvalue weighted by Gasteiger charge is 2.23. The van der Waals surface area contributed by atoms with Gasteiger partial charge in [0.1, 0.15) is 0 Å². The highest BCUT2D eigenvalue weighted by atomic mass is 32.2. The smallest absolute Gasteiger partial charge is 0.00733 e. The Morgan fingerprint density at radius 3 is 1.53 bits per heavy atom. The lowest BCUT2D eigenvalue weighted by Gasteiger charge is -2.04. The predicted octanol–water partition coefficient (Wildman–Crippen LogP) is 4.80. The average molecular weight is 242 g/mol. The first-order chi connectivity index (χ1) is 8.29. The van der Waals surface area contributed by atoms with E-state index in [1.165, 1.54) is 22.3 Å². The summed E-state index contributed by atoms with van der Waals surface area (Å²) >= 11 is 1.75. The maximum absolute atomic E-state index is 2.28. The first-order valence-electron chi connectivity index (χ1n) is 5.88. The average Bonchev–Trinajstić information content (AvgIpc) is 2.66. The van der Waals surface area contributed by atoms with Crippen LogP contribution < -0.4 is 0 Å². The molecule has 0 amide bonds. The number of benzene rings is 2. The minimum Gasteiger partial charge on any atom is -0.169 e. The maximum atomic E-state index is 2.28. The standard InChI is InChI=1S/C14H12.C2H6S/c1-10-11-6-2-4-8-13(11)14-9-5-3-7-12(10)14;1-3-2/h2-10H,1H3;1-2H3. The quantitative estimate of drug-likeness (QED) is 0.639. The van der Waals surface area contributed by atoms with Crippen LogP contribution in [0.2, 0.25) is 0 Å². The fraction of sp³-hybridized carbons (Fsp3) is 0.250. The minimum atomic E-state index is 0.558. The van der Waals surface area contributed by atoms with E-state index in [0.717, 1.165) is 0 Å². The van der Waals surface area contributed by atoms with Crippen molar-refractivity contribution >= 4 is 11.8 Å². The minimum absolute atomic E-state index is 0.558. The summed E-state index contributed by atoms with van der Waals surface area (Å²) in [6.07, 6.45) is 4.08. The Bertz CT molecular complexity index is 457. The first-order valence-corrected chi connectivity index (χ1v) is 7.51. The van der Waals surface area contributed by atoms with Crippen molar-refractivity contribution in [3.8, 4) is 11.1 Å². The third kappa shape index (κ3) is 2.25. The lowest BCUT2D eigenvalue weighted by atomic mass is 10.00. The van der Waals surface area contributed by atoms with E-state index in [0.29, 0.717) is 5.92 Å². The van der Waals surface area contributed by atoms with Crippen molar-refractivity contribution in [3.63, 3.8) is 0 Å². The summed E-state index contributed by atoms with van der Waals surface area (Å²) in [5.74, 6) is 0.558. The molecule has 0 aromatic heterocycles. The van der Waals surface area contributed by atoms with Crippen LogP contribution in [0.1, 0.15) is 24.0 Å². The molecule has 0 fully saturated rings. The van der Waals surface area contributed by atoms with Crippen LogP contribution in [0.5, 0.6) is 0 Å². The van der Waals surface area contributed by atoms with E-state index < -0.39 is 0 Å². The summed E-state index contributed by atoms with van der Waals surface area (Å²) < 4.78 is 0. The Labute approximate surface area is 108 Å². The molecule has 17 heavy (non-hydrogen) atoms. The van der Waals surface area contributed by atoms with E-state index in [2.05, 4.69) is 55.5 Å². The van der Waals surface area contributed by atoms with Crippen molar-refractivity contribution in [1.29, 1.82) is 0 Å². The maximum Gasteiger partial charge on any atom is 0.00733 e. The third-order valence-corrected chi connectivity index (χ3v) is 3.14. The van der Waals surface area contributed by atoms with Gasteiger partial charge in [0.05, 0.1) is 0 Å². The molecule has 0 spiro atoms. The fourth-order valence-corrected chi connectivity index (χ4v) is 2.41. The second-order valence-electron chi connectivity index (χ2n) is 4.30.